The molecule has 130 valence electrons. The molecule has 0 aliphatic heterocycles. The maximum Gasteiger partial charge on any atom is 0.325 e. The fourth-order valence-corrected chi connectivity index (χ4v) is 3.70. The van der Waals surface area contributed by atoms with Crippen LogP contribution in [0.4, 0.5) is 15.6 Å². The Morgan fingerprint density at radius 1 is 1.21 bits per heavy atom. The Labute approximate surface area is 149 Å². The highest BCUT2D eigenvalue weighted by Crippen LogP contribution is 2.30. The van der Waals surface area contributed by atoms with E-state index >= 15 is 0 Å². The van der Waals surface area contributed by atoms with Gasteiger partial charge in [-0.1, -0.05) is 36.4 Å². The van der Waals surface area contributed by atoms with E-state index in [1.165, 1.54) is 11.3 Å². The number of methoxy groups -OCH3 is 2. The zero-order valence-corrected chi connectivity index (χ0v) is 15.4. The van der Waals surface area contributed by atoms with Gasteiger partial charge in [0.1, 0.15) is 0 Å². The average molecular weight is 368 g/mol. The lowest BCUT2D eigenvalue weighted by Crippen LogP contribution is -2.19. The molecule has 0 radical (unpaired) electrons. The highest BCUT2D eigenvalue weighted by atomic mass is 32.2. The molecule has 2 aromatic rings. The topological polar surface area (TPSA) is 85.4 Å². The summed E-state index contributed by atoms with van der Waals surface area (Å²) in [6.45, 7) is 2.14. The normalized spacial score (nSPS) is 10.3. The SMILES string of the molecule is CCCCSc1nnc(NC(=O)Nc2ccc(OC)c(OC)c2)s1. The van der Waals surface area contributed by atoms with Gasteiger partial charge in [0, 0.05) is 17.5 Å². The van der Waals surface area contributed by atoms with Gasteiger partial charge >= 0.3 is 6.03 Å². The summed E-state index contributed by atoms with van der Waals surface area (Å²) in [5, 5.41) is 13.9. The van der Waals surface area contributed by atoms with Crippen LogP contribution < -0.4 is 20.1 Å². The molecule has 1 aromatic carbocycles. The van der Waals surface area contributed by atoms with Gasteiger partial charge in [-0.2, -0.15) is 0 Å². The standard InChI is InChI=1S/C15H20N4O3S2/c1-4-5-8-23-15-19-18-14(24-15)17-13(20)16-10-6-7-11(21-2)12(9-10)22-3/h6-7,9H,4-5,8H2,1-3H3,(H2,16,17,18,20). The lowest BCUT2D eigenvalue weighted by molar-refractivity contribution is 0.262. The van der Waals surface area contributed by atoms with Crippen LogP contribution in [0.2, 0.25) is 0 Å². The Kier molecular flexibility index (Phi) is 7.13. The molecule has 0 unspecified atom stereocenters. The summed E-state index contributed by atoms with van der Waals surface area (Å²) in [5.41, 5.74) is 0.590. The molecule has 0 aliphatic carbocycles. The number of amides is 2. The third kappa shape index (κ3) is 5.27. The molecule has 0 spiro atoms. The zero-order chi connectivity index (χ0) is 17.4. The molecule has 0 bridgehead atoms. The predicted molar refractivity (Wildman–Crippen MR) is 97.7 cm³/mol. The average Bonchev–Trinajstić information content (AvgIpc) is 3.02. The van der Waals surface area contributed by atoms with Crippen molar-refractivity contribution in [3.8, 4) is 11.5 Å². The minimum atomic E-state index is -0.386. The van der Waals surface area contributed by atoms with Crippen molar-refractivity contribution in [3.63, 3.8) is 0 Å². The van der Waals surface area contributed by atoms with Crippen molar-refractivity contribution in [2.75, 3.05) is 30.6 Å². The van der Waals surface area contributed by atoms with Gasteiger partial charge in [0.2, 0.25) is 5.13 Å². The van der Waals surface area contributed by atoms with Gasteiger partial charge in [0.25, 0.3) is 0 Å². The molecule has 0 atom stereocenters. The maximum atomic E-state index is 12.0. The van der Waals surface area contributed by atoms with E-state index in [2.05, 4.69) is 27.8 Å². The lowest BCUT2D eigenvalue weighted by Gasteiger charge is -2.10. The minimum Gasteiger partial charge on any atom is -0.493 e. The van der Waals surface area contributed by atoms with E-state index in [1.54, 1.807) is 44.2 Å². The lowest BCUT2D eigenvalue weighted by atomic mass is 10.3. The van der Waals surface area contributed by atoms with Crippen LogP contribution in [0.5, 0.6) is 11.5 Å². The summed E-state index contributed by atoms with van der Waals surface area (Å²) in [6, 6.07) is 4.75. The summed E-state index contributed by atoms with van der Waals surface area (Å²) in [5.74, 6) is 2.14. The molecule has 9 heteroatoms. The van der Waals surface area contributed by atoms with Crippen molar-refractivity contribution in [2.24, 2.45) is 0 Å². The smallest absolute Gasteiger partial charge is 0.325 e. The number of hydrogen-bond acceptors (Lipinski definition) is 7. The second kappa shape index (κ2) is 9.33. The number of rotatable bonds is 8. The molecule has 24 heavy (non-hydrogen) atoms. The Bertz CT molecular complexity index is 678. The van der Waals surface area contributed by atoms with E-state index in [0.29, 0.717) is 22.3 Å². The first kappa shape index (κ1) is 18.3. The van der Waals surface area contributed by atoms with Gasteiger partial charge in [-0.3, -0.25) is 5.32 Å². The van der Waals surface area contributed by atoms with Crippen LogP contribution in [-0.2, 0) is 0 Å². The first-order valence-electron chi connectivity index (χ1n) is 7.42. The van der Waals surface area contributed by atoms with Crippen LogP contribution in [0.25, 0.3) is 0 Å². The Morgan fingerprint density at radius 3 is 2.71 bits per heavy atom. The third-order valence-electron chi connectivity index (χ3n) is 2.99. The molecule has 7 nitrogen and oxygen atoms in total. The largest absolute Gasteiger partial charge is 0.493 e. The number of unbranched alkanes of at least 4 members (excludes halogenated alkanes) is 1. The van der Waals surface area contributed by atoms with Crippen molar-refractivity contribution in [1.29, 1.82) is 0 Å². The molecule has 2 N–H and O–H groups in total. The molecule has 2 amide bonds. The quantitative estimate of drug-likeness (QED) is 0.415. The number of carbonyl (C=O) groups is 1. The van der Waals surface area contributed by atoms with Crippen LogP contribution in [0.15, 0.2) is 22.5 Å². The number of carbonyl (C=O) groups excluding carboxylic acids is 1. The Hall–Kier alpha value is -2.00. The molecule has 0 aliphatic rings. The maximum absolute atomic E-state index is 12.0. The summed E-state index contributed by atoms with van der Waals surface area (Å²) in [7, 11) is 3.10. The Balaban J connectivity index is 1.91. The molecule has 1 aromatic heterocycles. The van der Waals surface area contributed by atoms with E-state index in [9.17, 15) is 4.79 Å². The summed E-state index contributed by atoms with van der Waals surface area (Å²) in [6.07, 6.45) is 2.28. The molecular formula is C15H20N4O3S2. The number of nitrogens with zero attached hydrogens (tertiary/aromatic N) is 2. The van der Waals surface area contributed by atoms with Gasteiger partial charge in [-0.05, 0) is 18.6 Å². The number of ether oxygens (including phenoxy) is 2. The first-order valence-corrected chi connectivity index (χ1v) is 9.22. The van der Waals surface area contributed by atoms with Gasteiger partial charge < -0.3 is 14.8 Å². The molecule has 0 fully saturated rings. The molecule has 2 rings (SSSR count). The minimum absolute atomic E-state index is 0.386. The highest BCUT2D eigenvalue weighted by Gasteiger charge is 2.10. The highest BCUT2D eigenvalue weighted by molar-refractivity contribution is 8.01. The summed E-state index contributed by atoms with van der Waals surface area (Å²) >= 11 is 3.01. The molecule has 0 saturated heterocycles. The van der Waals surface area contributed by atoms with E-state index < -0.39 is 0 Å². The van der Waals surface area contributed by atoms with Crippen molar-refractivity contribution < 1.29 is 14.3 Å². The van der Waals surface area contributed by atoms with E-state index in [-0.39, 0.29) is 6.03 Å². The third-order valence-corrected chi connectivity index (χ3v) is 5.05. The number of aromatic nitrogens is 2. The fraction of sp³-hybridized carbons (Fsp3) is 0.400. The second-order valence-electron chi connectivity index (χ2n) is 4.72. The number of hydrogen-bond donors (Lipinski definition) is 2. The van der Waals surface area contributed by atoms with Crippen LogP contribution in [0.3, 0.4) is 0 Å². The van der Waals surface area contributed by atoms with Crippen LogP contribution in [0.1, 0.15) is 19.8 Å². The van der Waals surface area contributed by atoms with Gasteiger partial charge in [-0.25, -0.2) is 4.79 Å². The van der Waals surface area contributed by atoms with E-state index in [4.69, 9.17) is 9.47 Å². The van der Waals surface area contributed by atoms with Crippen molar-refractivity contribution >= 4 is 39.9 Å². The van der Waals surface area contributed by atoms with Crippen molar-refractivity contribution in [2.45, 2.75) is 24.1 Å². The number of benzene rings is 1. The monoisotopic (exact) mass is 368 g/mol. The number of thioether (sulfide) groups is 1. The second-order valence-corrected chi connectivity index (χ2v) is 7.04. The van der Waals surface area contributed by atoms with Gasteiger partial charge in [0.05, 0.1) is 14.2 Å². The van der Waals surface area contributed by atoms with Crippen molar-refractivity contribution in [1.82, 2.24) is 10.2 Å². The van der Waals surface area contributed by atoms with E-state index in [0.717, 1.165) is 22.9 Å². The van der Waals surface area contributed by atoms with Crippen LogP contribution in [0, 0.1) is 0 Å². The van der Waals surface area contributed by atoms with Gasteiger partial charge in [0.15, 0.2) is 15.8 Å². The predicted octanol–water partition coefficient (Wildman–Crippen LogP) is 4.09. The summed E-state index contributed by atoms with van der Waals surface area (Å²) in [4.78, 5) is 12.0. The first-order chi connectivity index (χ1) is 11.7. The van der Waals surface area contributed by atoms with Gasteiger partial charge in [-0.15, -0.1) is 10.2 Å². The van der Waals surface area contributed by atoms with Crippen LogP contribution in [-0.4, -0.2) is 36.2 Å². The number of nitrogens with one attached hydrogen (secondary N) is 2. The van der Waals surface area contributed by atoms with Crippen molar-refractivity contribution in [3.05, 3.63) is 18.2 Å². The molecule has 0 saturated carbocycles. The fourth-order valence-electron chi connectivity index (χ4n) is 1.80. The Morgan fingerprint density at radius 2 is 2.00 bits per heavy atom. The van der Waals surface area contributed by atoms with Crippen LogP contribution >= 0.6 is 23.1 Å². The number of urea groups is 1. The summed E-state index contributed by atoms with van der Waals surface area (Å²) < 4.78 is 11.2. The molecule has 1 heterocycles. The zero-order valence-electron chi connectivity index (χ0n) is 13.8. The van der Waals surface area contributed by atoms with E-state index in [1.807, 2.05) is 0 Å². The number of anilines is 2. The molecular weight excluding hydrogens is 348 g/mol.